The number of hydrogen-bond donors (Lipinski definition) is 1. The van der Waals surface area contributed by atoms with Gasteiger partial charge in [-0.25, -0.2) is 0 Å². The summed E-state index contributed by atoms with van der Waals surface area (Å²) in [6, 6.07) is 6.15. The van der Waals surface area contributed by atoms with Crippen LogP contribution in [0.2, 0.25) is 0 Å². The molecule has 1 unspecified atom stereocenters. The highest BCUT2D eigenvalue weighted by Crippen LogP contribution is 2.30. The molecule has 0 aromatic heterocycles. The largest absolute Gasteiger partial charge is 0.491 e. The molecule has 0 radical (unpaired) electrons. The number of nitrogens with one attached hydrogen (secondary N) is 1. The monoisotopic (exact) mass is 341 g/mol. The zero-order chi connectivity index (χ0) is 14.6. The first-order valence-corrected chi connectivity index (χ1v) is 8.09. The molecule has 1 aliphatic rings. The quantitative estimate of drug-likeness (QED) is 0.851. The number of rotatable bonds is 6. The van der Waals surface area contributed by atoms with Crippen molar-refractivity contribution in [3.63, 3.8) is 0 Å². The fourth-order valence-electron chi connectivity index (χ4n) is 2.46. The molecular weight excluding hydrogens is 318 g/mol. The van der Waals surface area contributed by atoms with Crippen LogP contribution in [0.5, 0.6) is 5.75 Å². The lowest BCUT2D eigenvalue weighted by atomic mass is 10.1. The van der Waals surface area contributed by atoms with Gasteiger partial charge in [0, 0.05) is 16.6 Å². The average molecular weight is 342 g/mol. The zero-order valence-electron chi connectivity index (χ0n) is 12.5. The number of hydrogen-bond acceptors (Lipinski definition) is 3. The maximum atomic E-state index is 5.98. The van der Waals surface area contributed by atoms with Gasteiger partial charge in [0.1, 0.15) is 12.4 Å². The molecule has 3 nitrogen and oxygen atoms in total. The van der Waals surface area contributed by atoms with Crippen molar-refractivity contribution < 1.29 is 9.47 Å². The summed E-state index contributed by atoms with van der Waals surface area (Å²) >= 11 is 3.51. The van der Waals surface area contributed by atoms with Gasteiger partial charge in [-0.2, -0.15) is 0 Å². The third-order valence-corrected chi connectivity index (χ3v) is 4.06. The lowest BCUT2D eigenvalue weighted by molar-refractivity contribution is -0.0327. The van der Waals surface area contributed by atoms with Gasteiger partial charge < -0.3 is 14.8 Å². The second kappa shape index (κ2) is 6.92. The molecule has 2 rings (SSSR count). The van der Waals surface area contributed by atoms with Gasteiger partial charge in [-0.05, 0) is 51.4 Å². The lowest BCUT2D eigenvalue weighted by Gasteiger charge is -2.20. The Kier molecular flexibility index (Phi) is 5.47. The van der Waals surface area contributed by atoms with Gasteiger partial charge >= 0.3 is 0 Å². The summed E-state index contributed by atoms with van der Waals surface area (Å²) in [5.41, 5.74) is 1.18. The minimum absolute atomic E-state index is 0.000336. The van der Waals surface area contributed by atoms with E-state index in [1.54, 1.807) is 0 Å². The van der Waals surface area contributed by atoms with Gasteiger partial charge in [0.2, 0.25) is 0 Å². The number of benzene rings is 1. The van der Waals surface area contributed by atoms with E-state index in [9.17, 15) is 0 Å². The normalized spacial score (nSPS) is 21.1. The Morgan fingerprint density at radius 1 is 1.45 bits per heavy atom. The van der Waals surface area contributed by atoms with Crippen LogP contribution in [0.1, 0.15) is 39.2 Å². The SMILES string of the molecule is CCNCc1cc(Br)ccc1OCC1CCC(C)(C)O1. The molecule has 1 aliphatic heterocycles. The van der Waals surface area contributed by atoms with E-state index in [0.717, 1.165) is 36.2 Å². The first-order chi connectivity index (χ1) is 9.50. The second-order valence-corrected chi connectivity index (χ2v) is 6.80. The second-order valence-electron chi connectivity index (χ2n) is 5.88. The molecule has 4 heteroatoms. The maximum Gasteiger partial charge on any atom is 0.124 e. The van der Waals surface area contributed by atoms with Crippen molar-refractivity contribution in [2.75, 3.05) is 13.2 Å². The van der Waals surface area contributed by atoms with Gasteiger partial charge in [-0.15, -0.1) is 0 Å². The molecule has 0 bridgehead atoms. The van der Waals surface area contributed by atoms with Crippen molar-refractivity contribution in [2.24, 2.45) is 0 Å². The summed E-state index contributed by atoms with van der Waals surface area (Å²) in [4.78, 5) is 0. The van der Waals surface area contributed by atoms with E-state index in [1.165, 1.54) is 5.56 Å². The van der Waals surface area contributed by atoms with Crippen LogP contribution in [-0.2, 0) is 11.3 Å². The van der Waals surface area contributed by atoms with Gasteiger partial charge in [-0.3, -0.25) is 0 Å². The molecule has 1 aromatic carbocycles. The smallest absolute Gasteiger partial charge is 0.124 e. The number of halogens is 1. The Hall–Kier alpha value is -0.580. The molecule has 1 atom stereocenters. The van der Waals surface area contributed by atoms with E-state index in [4.69, 9.17) is 9.47 Å². The molecule has 1 saturated heterocycles. The van der Waals surface area contributed by atoms with E-state index >= 15 is 0 Å². The molecule has 0 amide bonds. The van der Waals surface area contributed by atoms with Crippen molar-refractivity contribution in [1.29, 1.82) is 0 Å². The van der Waals surface area contributed by atoms with Gasteiger partial charge in [0.05, 0.1) is 11.7 Å². The Morgan fingerprint density at radius 2 is 2.25 bits per heavy atom. The van der Waals surface area contributed by atoms with Crippen LogP contribution in [-0.4, -0.2) is 24.9 Å². The van der Waals surface area contributed by atoms with Crippen LogP contribution in [0.15, 0.2) is 22.7 Å². The summed E-state index contributed by atoms with van der Waals surface area (Å²) in [5.74, 6) is 0.947. The summed E-state index contributed by atoms with van der Waals surface area (Å²) < 4.78 is 13.0. The fraction of sp³-hybridized carbons (Fsp3) is 0.625. The lowest BCUT2D eigenvalue weighted by Crippen LogP contribution is -2.24. The minimum atomic E-state index is 0.000336. The third-order valence-electron chi connectivity index (χ3n) is 3.57. The predicted octanol–water partition coefficient (Wildman–Crippen LogP) is 3.90. The van der Waals surface area contributed by atoms with E-state index in [0.29, 0.717) is 6.61 Å². The van der Waals surface area contributed by atoms with Crippen molar-refractivity contribution in [2.45, 2.75) is 51.9 Å². The maximum absolute atomic E-state index is 5.98. The molecule has 20 heavy (non-hydrogen) atoms. The predicted molar refractivity (Wildman–Crippen MR) is 85.2 cm³/mol. The fourth-order valence-corrected chi connectivity index (χ4v) is 2.87. The summed E-state index contributed by atoms with van der Waals surface area (Å²) in [6.45, 7) is 8.79. The van der Waals surface area contributed by atoms with Gasteiger partial charge in [0.25, 0.3) is 0 Å². The number of ether oxygens (including phenoxy) is 2. The van der Waals surface area contributed by atoms with E-state index < -0.39 is 0 Å². The van der Waals surface area contributed by atoms with Crippen molar-refractivity contribution in [3.05, 3.63) is 28.2 Å². The summed E-state index contributed by atoms with van der Waals surface area (Å²) in [5, 5.41) is 3.34. The van der Waals surface area contributed by atoms with Crippen molar-refractivity contribution in [3.8, 4) is 5.75 Å². The molecule has 1 heterocycles. The Morgan fingerprint density at radius 3 is 2.90 bits per heavy atom. The molecule has 0 aliphatic carbocycles. The molecule has 0 spiro atoms. The molecule has 1 N–H and O–H groups in total. The summed E-state index contributed by atoms with van der Waals surface area (Å²) in [7, 11) is 0. The van der Waals surface area contributed by atoms with Crippen LogP contribution in [0.4, 0.5) is 0 Å². The van der Waals surface area contributed by atoms with Crippen molar-refractivity contribution in [1.82, 2.24) is 5.32 Å². The molecular formula is C16H24BrNO2. The van der Waals surface area contributed by atoms with Crippen LogP contribution in [0.3, 0.4) is 0 Å². The van der Waals surface area contributed by atoms with Gasteiger partial charge in [-0.1, -0.05) is 22.9 Å². The standard InChI is InChI=1S/C16H24BrNO2/c1-4-18-10-12-9-13(17)5-6-15(12)19-11-14-7-8-16(2,3)20-14/h5-6,9,14,18H,4,7-8,10-11H2,1-3H3. The van der Waals surface area contributed by atoms with Crippen molar-refractivity contribution >= 4 is 15.9 Å². The molecule has 1 aromatic rings. The van der Waals surface area contributed by atoms with Crippen LogP contribution >= 0.6 is 15.9 Å². The highest BCUT2D eigenvalue weighted by molar-refractivity contribution is 9.10. The molecule has 0 saturated carbocycles. The Bertz CT molecular complexity index is 448. The highest BCUT2D eigenvalue weighted by atomic mass is 79.9. The minimum Gasteiger partial charge on any atom is -0.491 e. The Balaban J connectivity index is 1.95. The molecule has 1 fully saturated rings. The average Bonchev–Trinajstić information content (AvgIpc) is 2.75. The topological polar surface area (TPSA) is 30.5 Å². The third kappa shape index (κ3) is 4.47. The zero-order valence-corrected chi connectivity index (χ0v) is 14.1. The Labute approximate surface area is 130 Å². The first kappa shape index (κ1) is 15.8. The van der Waals surface area contributed by atoms with E-state index in [2.05, 4.69) is 48.1 Å². The first-order valence-electron chi connectivity index (χ1n) is 7.30. The van der Waals surface area contributed by atoms with E-state index in [1.807, 2.05) is 12.1 Å². The molecule has 112 valence electrons. The van der Waals surface area contributed by atoms with E-state index in [-0.39, 0.29) is 11.7 Å². The summed E-state index contributed by atoms with van der Waals surface area (Å²) in [6.07, 6.45) is 2.39. The van der Waals surface area contributed by atoms with Gasteiger partial charge in [0.15, 0.2) is 0 Å². The van der Waals surface area contributed by atoms with Crippen LogP contribution < -0.4 is 10.1 Å². The van der Waals surface area contributed by atoms with Crippen LogP contribution in [0.25, 0.3) is 0 Å². The van der Waals surface area contributed by atoms with Crippen LogP contribution in [0, 0.1) is 0 Å². The highest BCUT2D eigenvalue weighted by Gasteiger charge is 2.31.